The topological polar surface area (TPSA) is 47.8 Å². The monoisotopic (exact) mass is 289 g/mol. The Labute approximate surface area is 118 Å². The zero-order chi connectivity index (χ0) is 14.1. The van der Waals surface area contributed by atoms with Crippen molar-refractivity contribution in [2.45, 2.75) is 19.9 Å². The molecule has 0 aliphatic carbocycles. The van der Waals surface area contributed by atoms with Gasteiger partial charge in [0.1, 0.15) is 5.82 Å². The first-order valence-corrected chi connectivity index (χ1v) is 7.13. The number of thiazole rings is 1. The lowest BCUT2D eigenvalue weighted by atomic mass is 10.2. The van der Waals surface area contributed by atoms with Crippen molar-refractivity contribution in [2.24, 2.45) is 0 Å². The normalized spacial score (nSPS) is 11.1. The van der Waals surface area contributed by atoms with Gasteiger partial charge in [-0.15, -0.1) is 11.3 Å². The van der Waals surface area contributed by atoms with Crippen molar-refractivity contribution in [2.75, 3.05) is 0 Å². The second-order valence-corrected chi connectivity index (χ2v) is 5.37. The molecule has 6 heteroatoms. The molecule has 102 valence electrons. The Morgan fingerprint density at radius 1 is 1.40 bits per heavy atom. The first-order chi connectivity index (χ1) is 9.67. The summed E-state index contributed by atoms with van der Waals surface area (Å²) in [5.74, 6) is -0.394. The Balaban J connectivity index is 2.02. The van der Waals surface area contributed by atoms with Crippen LogP contribution in [-0.2, 0) is 13.0 Å². The minimum absolute atomic E-state index is 0.180. The molecular formula is C14H12FN3OS. The summed E-state index contributed by atoms with van der Waals surface area (Å²) in [6.07, 6.45) is 2.32. The molecule has 1 aromatic carbocycles. The van der Waals surface area contributed by atoms with Gasteiger partial charge in [-0.3, -0.25) is 9.36 Å². The number of nitrogens with zero attached hydrogens (tertiary/aromatic N) is 3. The fraction of sp³-hybridized carbons (Fsp3) is 0.214. The quantitative estimate of drug-likeness (QED) is 0.744. The van der Waals surface area contributed by atoms with Gasteiger partial charge in [0, 0.05) is 11.4 Å². The van der Waals surface area contributed by atoms with E-state index in [0.717, 1.165) is 17.1 Å². The minimum Gasteiger partial charge on any atom is -0.293 e. The van der Waals surface area contributed by atoms with Crippen molar-refractivity contribution >= 4 is 22.2 Å². The average molecular weight is 289 g/mol. The van der Waals surface area contributed by atoms with E-state index in [2.05, 4.69) is 9.97 Å². The van der Waals surface area contributed by atoms with Gasteiger partial charge in [0.25, 0.3) is 5.56 Å². The molecule has 2 aromatic heterocycles. The fourth-order valence-corrected chi connectivity index (χ4v) is 2.74. The second-order valence-electron chi connectivity index (χ2n) is 4.43. The van der Waals surface area contributed by atoms with E-state index in [1.54, 1.807) is 11.3 Å². The maximum atomic E-state index is 13.1. The molecule has 4 nitrogen and oxygen atoms in total. The van der Waals surface area contributed by atoms with Crippen LogP contribution in [0.15, 0.2) is 34.7 Å². The largest absolute Gasteiger partial charge is 0.293 e. The summed E-state index contributed by atoms with van der Waals surface area (Å²) < 4.78 is 14.6. The SMILES string of the molecule is CCc1nc(Cn2cnc3cc(F)ccc3c2=O)cs1. The van der Waals surface area contributed by atoms with Crippen LogP contribution in [0.25, 0.3) is 10.9 Å². The van der Waals surface area contributed by atoms with Crippen LogP contribution in [0.4, 0.5) is 4.39 Å². The lowest BCUT2D eigenvalue weighted by Gasteiger charge is -2.04. The molecule has 0 unspecified atom stereocenters. The van der Waals surface area contributed by atoms with Crippen molar-refractivity contribution in [1.82, 2.24) is 14.5 Å². The number of halogens is 1. The van der Waals surface area contributed by atoms with Crippen LogP contribution in [0.5, 0.6) is 0 Å². The predicted molar refractivity (Wildman–Crippen MR) is 76.6 cm³/mol. The van der Waals surface area contributed by atoms with Crippen molar-refractivity contribution in [1.29, 1.82) is 0 Å². The summed E-state index contributed by atoms with van der Waals surface area (Å²) in [5.41, 5.74) is 1.04. The van der Waals surface area contributed by atoms with E-state index in [4.69, 9.17) is 0 Å². The van der Waals surface area contributed by atoms with E-state index >= 15 is 0 Å². The van der Waals surface area contributed by atoms with Crippen molar-refractivity contribution in [3.8, 4) is 0 Å². The van der Waals surface area contributed by atoms with E-state index in [9.17, 15) is 9.18 Å². The van der Waals surface area contributed by atoms with Crippen molar-refractivity contribution < 1.29 is 4.39 Å². The van der Waals surface area contributed by atoms with Crippen LogP contribution < -0.4 is 5.56 Å². The highest BCUT2D eigenvalue weighted by Gasteiger charge is 2.07. The summed E-state index contributed by atoms with van der Waals surface area (Å²) in [4.78, 5) is 20.9. The first kappa shape index (κ1) is 12.9. The summed E-state index contributed by atoms with van der Waals surface area (Å²) >= 11 is 1.58. The van der Waals surface area contributed by atoms with Gasteiger partial charge in [0.2, 0.25) is 0 Å². The number of aromatic nitrogens is 3. The van der Waals surface area contributed by atoms with Crippen LogP contribution >= 0.6 is 11.3 Å². The van der Waals surface area contributed by atoms with Crippen molar-refractivity contribution in [3.63, 3.8) is 0 Å². The number of rotatable bonds is 3. The van der Waals surface area contributed by atoms with Crippen LogP contribution in [0, 0.1) is 5.82 Å². The number of fused-ring (bicyclic) bond motifs is 1. The molecular weight excluding hydrogens is 277 g/mol. The van der Waals surface area contributed by atoms with Gasteiger partial charge < -0.3 is 0 Å². The second kappa shape index (κ2) is 5.13. The molecule has 0 aliphatic rings. The first-order valence-electron chi connectivity index (χ1n) is 6.25. The molecule has 0 saturated carbocycles. The van der Waals surface area contributed by atoms with E-state index in [1.807, 2.05) is 12.3 Å². The van der Waals surface area contributed by atoms with E-state index < -0.39 is 5.82 Å². The van der Waals surface area contributed by atoms with Crippen LogP contribution in [0.3, 0.4) is 0 Å². The molecule has 0 bridgehead atoms. The highest BCUT2D eigenvalue weighted by Crippen LogP contribution is 2.12. The van der Waals surface area contributed by atoms with E-state index in [-0.39, 0.29) is 5.56 Å². The molecule has 0 saturated heterocycles. The number of hydrogen-bond donors (Lipinski definition) is 0. The van der Waals surface area contributed by atoms with Crippen molar-refractivity contribution in [3.05, 3.63) is 56.8 Å². The third-order valence-corrected chi connectivity index (χ3v) is 4.06. The van der Waals surface area contributed by atoms with E-state index in [0.29, 0.717) is 17.4 Å². The lowest BCUT2D eigenvalue weighted by molar-refractivity contribution is 0.629. The third-order valence-electron chi connectivity index (χ3n) is 3.02. The summed E-state index contributed by atoms with van der Waals surface area (Å²) in [7, 11) is 0. The van der Waals surface area contributed by atoms with Crippen LogP contribution in [0.1, 0.15) is 17.6 Å². The fourth-order valence-electron chi connectivity index (χ4n) is 2.00. The molecule has 3 rings (SSSR count). The molecule has 0 N–H and O–H groups in total. The molecule has 0 fully saturated rings. The molecule has 3 aromatic rings. The number of hydrogen-bond acceptors (Lipinski definition) is 4. The maximum Gasteiger partial charge on any atom is 0.261 e. The molecule has 0 amide bonds. The molecule has 0 radical (unpaired) electrons. The van der Waals surface area contributed by atoms with Crippen LogP contribution in [-0.4, -0.2) is 14.5 Å². The van der Waals surface area contributed by atoms with Crippen LogP contribution in [0.2, 0.25) is 0 Å². The zero-order valence-electron chi connectivity index (χ0n) is 10.8. The van der Waals surface area contributed by atoms with Gasteiger partial charge in [-0.25, -0.2) is 14.4 Å². The Kier molecular flexibility index (Phi) is 3.31. The zero-order valence-corrected chi connectivity index (χ0v) is 11.7. The highest BCUT2D eigenvalue weighted by atomic mass is 32.1. The molecule has 0 aliphatic heterocycles. The Hall–Kier alpha value is -2.08. The third kappa shape index (κ3) is 2.34. The molecule has 0 atom stereocenters. The lowest BCUT2D eigenvalue weighted by Crippen LogP contribution is -2.21. The predicted octanol–water partition coefficient (Wildman–Crippen LogP) is 2.60. The number of benzene rings is 1. The van der Waals surface area contributed by atoms with Gasteiger partial charge >= 0.3 is 0 Å². The smallest absolute Gasteiger partial charge is 0.261 e. The van der Waals surface area contributed by atoms with E-state index in [1.165, 1.54) is 29.1 Å². The minimum atomic E-state index is -0.394. The van der Waals surface area contributed by atoms with Gasteiger partial charge in [-0.2, -0.15) is 0 Å². The molecule has 20 heavy (non-hydrogen) atoms. The average Bonchev–Trinajstić information content (AvgIpc) is 2.89. The number of aryl methyl sites for hydroxylation is 1. The maximum absolute atomic E-state index is 13.1. The molecule has 2 heterocycles. The molecule has 0 spiro atoms. The van der Waals surface area contributed by atoms with Gasteiger partial charge in [0.05, 0.1) is 34.5 Å². The highest BCUT2D eigenvalue weighted by molar-refractivity contribution is 7.09. The Morgan fingerprint density at radius 3 is 3.00 bits per heavy atom. The van der Waals surface area contributed by atoms with Gasteiger partial charge in [-0.1, -0.05) is 6.92 Å². The Bertz CT molecular complexity index is 825. The standard InChI is InChI=1S/C14H12FN3OS/c1-2-13-17-10(7-20-13)6-18-8-16-12-5-9(15)3-4-11(12)14(18)19/h3-5,7-8H,2,6H2,1H3. The summed E-state index contributed by atoms with van der Waals surface area (Å²) in [6.45, 7) is 2.43. The van der Waals surface area contributed by atoms with Gasteiger partial charge in [-0.05, 0) is 18.6 Å². The summed E-state index contributed by atoms with van der Waals surface area (Å²) in [6, 6.07) is 4.00. The Morgan fingerprint density at radius 2 is 2.25 bits per heavy atom. The summed E-state index contributed by atoms with van der Waals surface area (Å²) in [5, 5.41) is 3.41. The van der Waals surface area contributed by atoms with Gasteiger partial charge in [0.15, 0.2) is 0 Å².